The van der Waals surface area contributed by atoms with E-state index < -0.39 is 128 Å². The van der Waals surface area contributed by atoms with Crippen molar-refractivity contribution in [2.24, 2.45) is 0 Å². The highest BCUT2D eigenvalue weighted by Crippen LogP contribution is 2.32. The van der Waals surface area contributed by atoms with Gasteiger partial charge >= 0.3 is 10.4 Å². The van der Waals surface area contributed by atoms with Crippen LogP contribution in [0.5, 0.6) is 0 Å². The standard InChI is InChI=1S/C20H35NO19S/c1-5(24)21-9-12(27)16(39-20-14(29)13(28)10(25)6(2-22)37-20)8(4-35-41(32,33)34)38-19(9)40-17-11(26)7(3-23)36-18(31)15(17)30/h6-20,22-23,25-31H,2-4H2,1H3,(H,21,24)(H,32,33,34). The van der Waals surface area contributed by atoms with Gasteiger partial charge in [0.15, 0.2) is 18.9 Å². The highest BCUT2D eigenvalue weighted by atomic mass is 32.3. The first kappa shape index (κ1) is 34.3. The maximum atomic E-state index is 12.0. The number of hydrogen-bond acceptors (Lipinski definition) is 18. The Bertz CT molecular complexity index is 970. The summed E-state index contributed by atoms with van der Waals surface area (Å²) in [5, 5.41) is 93.6. The maximum absolute atomic E-state index is 12.0. The number of ether oxygens (including phenoxy) is 5. The second-order valence-corrected chi connectivity index (χ2v) is 10.7. The molecule has 0 aromatic rings. The average molecular weight is 626 g/mol. The van der Waals surface area contributed by atoms with Gasteiger partial charge < -0.3 is 75.0 Å². The van der Waals surface area contributed by atoms with Gasteiger partial charge in [-0.15, -0.1) is 0 Å². The van der Waals surface area contributed by atoms with Crippen molar-refractivity contribution in [2.45, 2.75) is 99.0 Å². The smallest absolute Gasteiger partial charge is 0.394 e. The van der Waals surface area contributed by atoms with Crippen LogP contribution in [0.2, 0.25) is 0 Å². The lowest BCUT2D eigenvalue weighted by atomic mass is 9.94. The van der Waals surface area contributed by atoms with E-state index in [4.69, 9.17) is 28.2 Å². The molecular weight excluding hydrogens is 590 g/mol. The van der Waals surface area contributed by atoms with E-state index in [-0.39, 0.29) is 0 Å². The number of rotatable bonds is 10. The van der Waals surface area contributed by atoms with Crippen LogP contribution in [0.15, 0.2) is 0 Å². The summed E-state index contributed by atoms with van der Waals surface area (Å²) in [6.07, 6.45) is -25.4. The quantitative estimate of drug-likeness (QED) is 0.100. The third kappa shape index (κ3) is 8.04. The largest absolute Gasteiger partial charge is 0.397 e. The van der Waals surface area contributed by atoms with E-state index in [2.05, 4.69) is 9.50 Å². The van der Waals surface area contributed by atoms with Crippen LogP contribution in [0.1, 0.15) is 6.92 Å². The summed E-state index contributed by atoms with van der Waals surface area (Å²) in [5.41, 5.74) is 0. The van der Waals surface area contributed by atoms with Gasteiger partial charge in [-0.25, -0.2) is 4.18 Å². The van der Waals surface area contributed by atoms with Gasteiger partial charge in [-0.3, -0.25) is 9.35 Å². The number of aliphatic hydroxyl groups is 9. The Morgan fingerprint density at radius 1 is 0.732 bits per heavy atom. The Morgan fingerprint density at radius 2 is 1.29 bits per heavy atom. The summed E-state index contributed by atoms with van der Waals surface area (Å²) in [6.45, 7) is -1.75. The molecule has 3 saturated heterocycles. The zero-order valence-electron chi connectivity index (χ0n) is 21.3. The van der Waals surface area contributed by atoms with Gasteiger partial charge in [0.25, 0.3) is 0 Å². The van der Waals surface area contributed by atoms with Crippen molar-refractivity contribution in [3.63, 3.8) is 0 Å². The van der Waals surface area contributed by atoms with Crippen molar-refractivity contribution in [1.29, 1.82) is 0 Å². The predicted octanol–water partition coefficient (Wildman–Crippen LogP) is -7.60. The first-order valence-corrected chi connectivity index (χ1v) is 13.6. The Balaban J connectivity index is 1.93. The predicted molar refractivity (Wildman–Crippen MR) is 123 cm³/mol. The van der Waals surface area contributed by atoms with Crippen LogP contribution < -0.4 is 5.32 Å². The molecule has 240 valence electrons. The summed E-state index contributed by atoms with van der Waals surface area (Å²) in [7, 11) is -5.12. The van der Waals surface area contributed by atoms with E-state index in [0.717, 1.165) is 6.92 Å². The molecule has 0 saturated carbocycles. The second-order valence-electron chi connectivity index (χ2n) is 9.60. The molecule has 3 heterocycles. The fraction of sp³-hybridized carbons (Fsp3) is 0.950. The van der Waals surface area contributed by atoms with Crippen LogP contribution in [0.4, 0.5) is 0 Å². The van der Waals surface area contributed by atoms with Gasteiger partial charge in [0.05, 0.1) is 19.8 Å². The van der Waals surface area contributed by atoms with Gasteiger partial charge in [0.2, 0.25) is 5.91 Å². The number of carbonyl (C=O) groups is 1. The third-order valence-electron chi connectivity index (χ3n) is 6.70. The summed E-state index contributed by atoms with van der Waals surface area (Å²) >= 11 is 0. The molecule has 11 N–H and O–H groups in total. The van der Waals surface area contributed by atoms with Crippen molar-refractivity contribution in [3.8, 4) is 0 Å². The molecular formula is C20H35NO19S. The summed E-state index contributed by atoms with van der Waals surface area (Å²) in [4.78, 5) is 12.0. The van der Waals surface area contributed by atoms with Gasteiger partial charge in [0.1, 0.15) is 73.2 Å². The molecule has 41 heavy (non-hydrogen) atoms. The van der Waals surface area contributed by atoms with E-state index in [9.17, 15) is 59.2 Å². The molecule has 3 rings (SSSR count). The number of amides is 1. The number of carbonyl (C=O) groups excluding carboxylic acids is 1. The summed E-state index contributed by atoms with van der Waals surface area (Å²) in [6, 6.07) is -1.66. The molecule has 0 aromatic heterocycles. The Hall–Kier alpha value is -1.22. The minimum Gasteiger partial charge on any atom is -0.394 e. The Kier molecular flexibility index (Phi) is 11.7. The Labute approximate surface area is 232 Å². The third-order valence-corrected chi connectivity index (χ3v) is 7.13. The molecule has 0 aliphatic carbocycles. The normalized spacial score (nSPS) is 45.8. The molecule has 1 amide bonds. The first-order chi connectivity index (χ1) is 19.1. The van der Waals surface area contributed by atoms with Crippen molar-refractivity contribution < 1.29 is 91.6 Å². The van der Waals surface area contributed by atoms with E-state index in [1.54, 1.807) is 0 Å². The summed E-state index contributed by atoms with van der Waals surface area (Å²) in [5.74, 6) is -0.785. The minimum atomic E-state index is -5.12. The monoisotopic (exact) mass is 625 g/mol. The average Bonchev–Trinajstić information content (AvgIpc) is 2.90. The van der Waals surface area contributed by atoms with E-state index in [0.29, 0.717) is 0 Å². The highest BCUT2D eigenvalue weighted by molar-refractivity contribution is 7.80. The molecule has 0 radical (unpaired) electrons. The van der Waals surface area contributed by atoms with Gasteiger partial charge in [0, 0.05) is 6.92 Å². The lowest BCUT2D eigenvalue weighted by molar-refractivity contribution is -0.365. The fourth-order valence-corrected chi connectivity index (χ4v) is 4.90. The second kappa shape index (κ2) is 14.0. The molecule has 0 spiro atoms. The highest BCUT2D eigenvalue weighted by Gasteiger charge is 2.54. The number of aliphatic hydroxyl groups excluding tert-OH is 9. The maximum Gasteiger partial charge on any atom is 0.397 e. The number of hydrogen-bond donors (Lipinski definition) is 11. The molecule has 21 heteroatoms. The molecule has 15 atom stereocenters. The molecule has 20 nitrogen and oxygen atoms in total. The minimum absolute atomic E-state index is 0.785. The molecule has 15 unspecified atom stereocenters. The van der Waals surface area contributed by atoms with Crippen molar-refractivity contribution in [3.05, 3.63) is 0 Å². The SMILES string of the molecule is CC(=O)NC1C(OC2C(O)C(O)OC(CO)C2O)OC(COS(=O)(=O)O)C(OC2OC(CO)C(O)C(O)C2O)C1O. The van der Waals surface area contributed by atoms with Crippen LogP contribution in [0, 0.1) is 0 Å². The zero-order chi connectivity index (χ0) is 30.8. The molecule has 0 aromatic carbocycles. The van der Waals surface area contributed by atoms with Crippen LogP contribution in [-0.4, -0.2) is 177 Å². The van der Waals surface area contributed by atoms with Gasteiger partial charge in [-0.05, 0) is 0 Å². The van der Waals surface area contributed by atoms with E-state index in [1.165, 1.54) is 0 Å². The Morgan fingerprint density at radius 3 is 1.85 bits per heavy atom. The van der Waals surface area contributed by atoms with E-state index in [1.807, 2.05) is 0 Å². The van der Waals surface area contributed by atoms with Crippen molar-refractivity contribution in [1.82, 2.24) is 5.32 Å². The van der Waals surface area contributed by atoms with E-state index >= 15 is 0 Å². The molecule has 3 aliphatic rings. The van der Waals surface area contributed by atoms with Crippen LogP contribution >= 0.6 is 0 Å². The lowest BCUT2D eigenvalue weighted by Gasteiger charge is -2.49. The molecule has 3 fully saturated rings. The lowest BCUT2D eigenvalue weighted by Crippen LogP contribution is -2.69. The first-order valence-electron chi connectivity index (χ1n) is 12.2. The topological polar surface area (TPSA) is 321 Å². The van der Waals surface area contributed by atoms with Gasteiger partial charge in [-0.1, -0.05) is 0 Å². The zero-order valence-corrected chi connectivity index (χ0v) is 22.2. The fourth-order valence-electron chi connectivity index (χ4n) is 4.60. The molecule has 0 bridgehead atoms. The molecule has 3 aliphatic heterocycles. The van der Waals surface area contributed by atoms with Crippen molar-refractivity contribution in [2.75, 3.05) is 19.8 Å². The van der Waals surface area contributed by atoms with Gasteiger partial charge in [-0.2, -0.15) is 8.42 Å². The number of nitrogens with one attached hydrogen (secondary N) is 1. The van der Waals surface area contributed by atoms with Crippen molar-refractivity contribution >= 4 is 16.3 Å². The van der Waals surface area contributed by atoms with Crippen LogP contribution in [-0.2, 0) is 43.1 Å². The van der Waals surface area contributed by atoms with Crippen LogP contribution in [0.25, 0.3) is 0 Å². The van der Waals surface area contributed by atoms with Crippen LogP contribution in [0.3, 0.4) is 0 Å². The summed E-state index contributed by atoms with van der Waals surface area (Å²) < 4.78 is 62.8.